The van der Waals surface area contributed by atoms with Crippen molar-refractivity contribution >= 4 is 17.5 Å². The molecule has 0 saturated heterocycles. The molecule has 3 rings (SSSR count). The van der Waals surface area contributed by atoms with E-state index in [1.165, 1.54) is 0 Å². The highest BCUT2D eigenvalue weighted by Crippen LogP contribution is 2.21. The Balaban J connectivity index is 1.55. The molecule has 0 unspecified atom stereocenters. The van der Waals surface area contributed by atoms with Crippen molar-refractivity contribution in [3.05, 3.63) is 88.7 Å². The molecule has 0 atom stereocenters. The molecule has 0 aliphatic rings. The Morgan fingerprint density at radius 2 is 1.62 bits per heavy atom. The zero-order valence-electron chi connectivity index (χ0n) is 14.2. The van der Waals surface area contributed by atoms with Gasteiger partial charge in [0.25, 0.3) is 5.91 Å². The fraction of sp³-hybridized carbons (Fsp3) is 0.143. The molecule has 2 N–H and O–H groups in total. The fourth-order valence-corrected chi connectivity index (χ4v) is 2.69. The Morgan fingerprint density at radius 1 is 0.962 bits per heavy atom. The van der Waals surface area contributed by atoms with Gasteiger partial charge < -0.3 is 10.4 Å². The summed E-state index contributed by atoms with van der Waals surface area (Å²) >= 11 is 5.91. The lowest BCUT2D eigenvalue weighted by Crippen LogP contribution is -2.25. The molecule has 1 heterocycles. The minimum absolute atomic E-state index is 0.0178. The number of nitrogens with one attached hydrogen (secondary N) is 1. The van der Waals surface area contributed by atoms with Crippen LogP contribution in [0.5, 0.6) is 0 Å². The molecule has 26 heavy (non-hydrogen) atoms. The number of pyridine rings is 1. The predicted octanol–water partition coefficient (Wildman–Crippen LogP) is 3.87. The van der Waals surface area contributed by atoms with Gasteiger partial charge in [-0.15, -0.1) is 0 Å². The molecule has 0 aliphatic carbocycles. The maximum absolute atomic E-state index is 12.2. The van der Waals surface area contributed by atoms with Gasteiger partial charge in [-0.05, 0) is 47.0 Å². The summed E-state index contributed by atoms with van der Waals surface area (Å²) in [5, 5.41) is 12.6. The highest BCUT2D eigenvalue weighted by atomic mass is 35.5. The molecule has 0 aliphatic heterocycles. The van der Waals surface area contributed by atoms with E-state index in [2.05, 4.69) is 10.3 Å². The molecule has 1 aromatic heterocycles. The van der Waals surface area contributed by atoms with E-state index in [1.54, 1.807) is 6.20 Å². The van der Waals surface area contributed by atoms with Crippen molar-refractivity contribution in [3.63, 3.8) is 0 Å². The number of carbonyl (C=O) groups is 1. The average molecular weight is 367 g/mol. The molecule has 0 radical (unpaired) electrons. The number of halogens is 1. The van der Waals surface area contributed by atoms with Crippen LogP contribution < -0.4 is 5.32 Å². The van der Waals surface area contributed by atoms with Crippen molar-refractivity contribution in [2.24, 2.45) is 0 Å². The van der Waals surface area contributed by atoms with E-state index in [0.717, 1.165) is 22.4 Å². The lowest BCUT2D eigenvalue weighted by atomic mass is 10.0. The molecule has 0 bridgehead atoms. The quantitative estimate of drug-likeness (QED) is 0.696. The lowest BCUT2D eigenvalue weighted by Gasteiger charge is -2.07. The Bertz CT molecular complexity index is 860. The van der Waals surface area contributed by atoms with Crippen LogP contribution in [0.3, 0.4) is 0 Å². The number of amides is 1. The smallest absolute Gasteiger partial charge is 0.251 e. The van der Waals surface area contributed by atoms with Crippen molar-refractivity contribution in [3.8, 4) is 11.1 Å². The predicted molar refractivity (Wildman–Crippen MR) is 103 cm³/mol. The van der Waals surface area contributed by atoms with Gasteiger partial charge in [-0.3, -0.25) is 9.78 Å². The normalized spacial score (nSPS) is 10.5. The van der Waals surface area contributed by atoms with Gasteiger partial charge in [0.15, 0.2) is 0 Å². The minimum atomic E-state index is -0.111. The molecule has 0 saturated carbocycles. The lowest BCUT2D eigenvalue weighted by molar-refractivity contribution is 0.0954. The van der Waals surface area contributed by atoms with E-state index in [9.17, 15) is 4.79 Å². The number of aliphatic hydroxyl groups is 1. The number of aliphatic hydroxyl groups excluding tert-OH is 1. The Morgan fingerprint density at radius 3 is 2.19 bits per heavy atom. The van der Waals surface area contributed by atoms with Gasteiger partial charge in [-0.2, -0.15) is 0 Å². The molecule has 2 aromatic carbocycles. The van der Waals surface area contributed by atoms with Crippen molar-refractivity contribution < 1.29 is 9.90 Å². The van der Waals surface area contributed by atoms with Gasteiger partial charge in [0, 0.05) is 35.4 Å². The SMILES string of the molecule is O=C(NCCc1ccc(CO)cn1)c1ccc(-c2ccc(Cl)cc2)cc1. The van der Waals surface area contributed by atoms with E-state index in [4.69, 9.17) is 16.7 Å². The van der Waals surface area contributed by atoms with Crippen LogP contribution in [0, 0.1) is 0 Å². The highest BCUT2D eigenvalue weighted by Gasteiger charge is 2.06. The third-order valence-electron chi connectivity index (χ3n) is 4.06. The first-order valence-electron chi connectivity index (χ1n) is 8.34. The second-order valence-corrected chi connectivity index (χ2v) is 6.34. The van der Waals surface area contributed by atoms with Gasteiger partial charge in [0.05, 0.1) is 6.61 Å². The van der Waals surface area contributed by atoms with Crippen LogP contribution in [0.2, 0.25) is 5.02 Å². The molecule has 132 valence electrons. The van der Waals surface area contributed by atoms with E-state index in [-0.39, 0.29) is 12.5 Å². The molecule has 1 amide bonds. The van der Waals surface area contributed by atoms with E-state index in [1.807, 2.05) is 60.7 Å². The van der Waals surface area contributed by atoms with Crippen LogP contribution in [0.4, 0.5) is 0 Å². The fourth-order valence-electron chi connectivity index (χ4n) is 2.56. The van der Waals surface area contributed by atoms with E-state index < -0.39 is 0 Å². The molecule has 0 spiro atoms. The van der Waals surface area contributed by atoms with Gasteiger partial charge in [-0.25, -0.2) is 0 Å². The third-order valence-corrected chi connectivity index (χ3v) is 4.31. The number of carbonyl (C=O) groups excluding carboxylic acids is 1. The number of rotatable bonds is 6. The zero-order chi connectivity index (χ0) is 18.4. The number of nitrogens with zero attached hydrogens (tertiary/aromatic N) is 1. The largest absolute Gasteiger partial charge is 0.392 e. The van der Waals surface area contributed by atoms with Gasteiger partial charge in [0.1, 0.15) is 0 Å². The second kappa shape index (κ2) is 8.61. The van der Waals surface area contributed by atoms with Crippen LogP contribution in [-0.2, 0) is 13.0 Å². The van der Waals surface area contributed by atoms with Gasteiger partial charge in [0.2, 0.25) is 0 Å². The highest BCUT2D eigenvalue weighted by molar-refractivity contribution is 6.30. The molecule has 4 nitrogen and oxygen atoms in total. The average Bonchev–Trinajstić information content (AvgIpc) is 2.69. The first-order valence-corrected chi connectivity index (χ1v) is 8.72. The van der Waals surface area contributed by atoms with Crippen LogP contribution in [0.15, 0.2) is 66.9 Å². The summed E-state index contributed by atoms with van der Waals surface area (Å²) in [5.74, 6) is -0.111. The number of aromatic nitrogens is 1. The third kappa shape index (κ3) is 4.69. The van der Waals surface area contributed by atoms with Crippen molar-refractivity contribution in [2.45, 2.75) is 13.0 Å². The summed E-state index contributed by atoms with van der Waals surface area (Å²) in [5.41, 5.74) is 4.36. The first-order chi connectivity index (χ1) is 12.7. The van der Waals surface area contributed by atoms with Crippen molar-refractivity contribution in [1.29, 1.82) is 0 Å². The van der Waals surface area contributed by atoms with Crippen molar-refractivity contribution in [1.82, 2.24) is 10.3 Å². The topological polar surface area (TPSA) is 62.2 Å². The molecular weight excluding hydrogens is 348 g/mol. The monoisotopic (exact) mass is 366 g/mol. The van der Waals surface area contributed by atoms with E-state index >= 15 is 0 Å². The van der Waals surface area contributed by atoms with Crippen LogP contribution in [0.25, 0.3) is 11.1 Å². The Labute approximate surface area is 157 Å². The standard InChI is InChI=1S/C21H19ClN2O2/c22-19-8-6-17(7-9-19)16-2-4-18(5-3-16)21(26)23-12-11-20-10-1-15(14-25)13-24-20/h1-10,13,25H,11-12,14H2,(H,23,26). The Hall–Kier alpha value is -2.69. The van der Waals surface area contributed by atoms with E-state index in [0.29, 0.717) is 23.6 Å². The number of hydrogen-bond acceptors (Lipinski definition) is 3. The summed E-state index contributed by atoms with van der Waals surface area (Å²) in [7, 11) is 0. The van der Waals surface area contributed by atoms with Crippen LogP contribution >= 0.6 is 11.6 Å². The molecule has 5 heteroatoms. The summed E-state index contributed by atoms with van der Waals surface area (Å²) in [6.45, 7) is 0.485. The zero-order valence-corrected chi connectivity index (χ0v) is 14.9. The van der Waals surface area contributed by atoms with Crippen LogP contribution in [0.1, 0.15) is 21.6 Å². The Kier molecular flexibility index (Phi) is 6.00. The van der Waals surface area contributed by atoms with Crippen molar-refractivity contribution in [2.75, 3.05) is 6.54 Å². The number of hydrogen-bond donors (Lipinski definition) is 2. The maximum Gasteiger partial charge on any atom is 0.251 e. The molecule has 0 fully saturated rings. The second-order valence-electron chi connectivity index (χ2n) is 5.91. The summed E-state index contributed by atoms with van der Waals surface area (Å²) in [4.78, 5) is 16.5. The van der Waals surface area contributed by atoms with Crippen LogP contribution in [-0.4, -0.2) is 22.5 Å². The molecule has 3 aromatic rings. The molecular formula is C21H19ClN2O2. The maximum atomic E-state index is 12.2. The minimum Gasteiger partial charge on any atom is -0.392 e. The number of benzene rings is 2. The van der Waals surface area contributed by atoms with Gasteiger partial charge >= 0.3 is 0 Å². The summed E-state index contributed by atoms with van der Waals surface area (Å²) in [6.07, 6.45) is 2.28. The van der Waals surface area contributed by atoms with Gasteiger partial charge in [-0.1, -0.05) is 41.9 Å². The summed E-state index contributed by atoms with van der Waals surface area (Å²) < 4.78 is 0. The first kappa shape index (κ1) is 18.1. The summed E-state index contributed by atoms with van der Waals surface area (Å²) in [6, 6.07) is 18.8.